The van der Waals surface area contributed by atoms with Crippen LogP contribution >= 0.6 is 0 Å². The SMILES string of the molecule is C[C@@H](OCNCC1(Cc2ccccc2)NC(=O)NC1=O)c1cc(C(F)(F)F)cc(C(F)(F)F)c1. The van der Waals surface area contributed by atoms with E-state index in [0.29, 0.717) is 12.1 Å². The fourth-order valence-corrected chi connectivity index (χ4v) is 3.54. The van der Waals surface area contributed by atoms with Gasteiger partial charge < -0.3 is 10.1 Å². The van der Waals surface area contributed by atoms with Crippen LogP contribution in [-0.2, 0) is 28.3 Å². The maximum atomic E-state index is 13.1. The van der Waals surface area contributed by atoms with E-state index in [-0.39, 0.29) is 31.3 Å². The van der Waals surface area contributed by atoms with Crippen molar-refractivity contribution >= 4 is 11.9 Å². The molecule has 3 amide bonds. The molecule has 2 aromatic carbocycles. The van der Waals surface area contributed by atoms with Gasteiger partial charge in [-0.2, -0.15) is 26.3 Å². The highest BCUT2D eigenvalue weighted by atomic mass is 19.4. The maximum Gasteiger partial charge on any atom is 0.416 e. The van der Waals surface area contributed by atoms with Gasteiger partial charge in [-0.05, 0) is 36.2 Å². The Bertz CT molecular complexity index is 1010. The molecule has 1 fully saturated rings. The van der Waals surface area contributed by atoms with Crippen LogP contribution < -0.4 is 16.0 Å². The summed E-state index contributed by atoms with van der Waals surface area (Å²) in [6, 6.07) is 9.41. The topological polar surface area (TPSA) is 79.5 Å². The van der Waals surface area contributed by atoms with Crippen molar-refractivity contribution in [3.05, 3.63) is 70.8 Å². The summed E-state index contributed by atoms with van der Waals surface area (Å²) < 4.78 is 83.8. The van der Waals surface area contributed by atoms with Crippen molar-refractivity contribution in [1.82, 2.24) is 16.0 Å². The van der Waals surface area contributed by atoms with Crippen LogP contribution in [0.3, 0.4) is 0 Å². The Kier molecular flexibility index (Phi) is 7.22. The van der Waals surface area contributed by atoms with Gasteiger partial charge in [0.25, 0.3) is 5.91 Å². The highest BCUT2D eigenvalue weighted by Crippen LogP contribution is 2.37. The summed E-state index contributed by atoms with van der Waals surface area (Å²) in [5.41, 5.74) is -3.76. The lowest BCUT2D eigenvalue weighted by molar-refractivity contribution is -0.143. The molecule has 0 bridgehead atoms. The molecule has 6 nitrogen and oxygen atoms in total. The first-order chi connectivity index (χ1) is 15.8. The number of hydrogen-bond donors (Lipinski definition) is 3. The summed E-state index contributed by atoms with van der Waals surface area (Å²) in [6.07, 6.45) is -10.9. The molecule has 1 aliphatic rings. The van der Waals surface area contributed by atoms with Crippen LogP contribution in [0, 0.1) is 0 Å². The van der Waals surface area contributed by atoms with Gasteiger partial charge in [0.2, 0.25) is 0 Å². The lowest BCUT2D eigenvalue weighted by Gasteiger charge is -2.27. The minimum Gasteiger partial charge on any atom is -0.359 e. The van der Waals surface area contributed by atoms with Crippen molar-refractivity contribution in [2.24, 2.45) is 0 Å². The minimum atomic E-state index is -4.97. The Labute approximate surface area is 190 Å². The predicted molar refractivity (Wildman–Crippen MR) is 108 cm³/mol. The van der Waals surface area contributed by atoms with Gasteiger partial charge in [-0.15, -0.1) is 0 Å². The number of amides is 3. The molecule has 1 unspecified atom stereocenters. The van der Waals surface area contributed by atoms with E-state index < -0.39 is 47.1 Å². The normalized spacial score (nSPS) is 19.6. The molecule has 0 saturated carbocycles. The highest BCUT2D eigenvalue weighted by Gasteiger charge is 2.46. The van der Waals surface area contributed by atoms with Gasteiger partial charge in [0.15, 0.2) is 0 Å². The second-order valence-electron chi connectivity index (χ2n) is 7.87. The summed E-state index contributed by atoms with van der Waals surface area (Å²) in [5.74, 6) is -0.574. The molecule has 1 heterocycles. The second kappa shape index (κ2) is 9.63. The quantitative estimate of drug-likeness (QED) is 0.225. The van der Waals surface area contributed by atoms with Crippen LogP contribution in [0.1, 0.15) is 35.3 Å². The van der Waals surface area contributed by atoms with Crippen LogP contribution in [0.2, 0.25) is 0 Å². The first kappa shape index (κ1) is 25.5. The van der Waals surface area contributed by atoms with Crippen LogP contribution in [-0.4, -0.2) is 30.8 Å². The molecule has 2 atom stereocenters. The number of ether oxygens (including phenoxy) is 1. The first-order valence-electron chi connectivity index (χ1n) is 10.1. The van der Waals surface area contributed by atoms with E-state index in [4.69, 9.17) is 4.74 Å². The van der Waals surface area contributed by atoms with E-state index in [9.17, 15) is 35.9 Å². The average molecular weight is 489 g/mol. The van der Waals surface area contributed by atoms with Crippen molar-refractivity contribution in [2.75, 3.05) is 13.3 Å². The Balaban J connectivity index is 1.68. The fraction of sp³-hybridized carbons (Fsp3) is 0.364. The number of benzene rings is 2. The van der Waals surface area contributed by atoms with Crippen molar-refractivity contribution in [1.29, 1.82) is 0 Å². The summed E-state index contributed by atoms with van der Waals surface area (Å²) in [5, 5.41) is 7.51. The van der Waals surface area contributed by atoms with Gasteiger partial charge in [-0.1, -0.05) is 30.3 Å². The standard InChI is InChI=1S/C22H21F6N3O3/c1-13(15-7-16(21(23,24)25)9-17(8-15)22(26,27)28)34-12-29-11-20(18(32)30-19(33)31-20)10-14-5-3-2-4-6-14/h2-9,13,29H,10-12H2,1H3,(H2,30,31,32,33)/t13-,20?/m1/s1. The number of rotatable bonds is 8. The average Bonchev–Trinajstić information content (AvgIpc) is 3.03. The number of carbonyl (C=O) groups excluding carboxylic acids is 2. The molecule has 1 saturated heterocycles. The number of hydrogen-bond acceptors (Lipinski definition) is 4. The molecular weight excluding hydrogens is 468 g/mol. The van der Waals surface area contributed by atoms with Crippen LogP contribution in [0.4, 0.5) is 31.1 Å². The predicted octanol–water partition coefficient (Wildman–Crippen LogP) is 4.17. The van der Waals surface area contributed by atoms with Crippen molar-refractivity contribution in [3.8, 4) is 0 Å². The Morgan fingerprint density at radius 1 is 0.971 bits per heavy atom. The minimum absolute atomic E-state index is 0.0448. The van der Waals surface area contributed by atoms with Gasteiger partial charge in [-0.3, -0.25) is 15.4 Å². The first-order valence-corrected chi connectivity index (χ1v) is 10.1. The Morgan fingerprint density at radius 3 is 2.06 bits per heavy atom. The summed E-state index contributed by atoms with van der Waals surface area (Å²) in [4.78, 5) is 24.2. The zero-order valence-electron chi connectivity index (χ0n) is 17.8. The third-order valence-electron chi connectivity index (χ3n) is 5.30. The number of nitrogens with one attached hydrogen (secondary N) is 3. The Morgan fingerprint density at radius 2 is 1.56 bits per heavy atom. The molecule has 0 aromatic heterocycles. The van der Waals surface area contributed by atoms with Crippen LogP contribution in [0.5, 0.6) is 0 Å². The van der Waals surface area contributed by atoms with E-state index in [1.165, 1.54) is 6.92 Å². The second-order valence-corrected chi connectivity index (χ2v) is 7.87. The molecule has 2 aromatic rings. The molecule has 0 radical (unpaired) electrons. The van der Waals surface area contributed by atoms with E-state index >= 15 is 0 Å². The van der Waals surface area contributed by atoms with E-state index in [1.54, 1.807) is 30.3 Å². The lowest BCUT2D eigenvalue weighted by Crippen LogP contribution is -2.56. The number of imide groups is 1. The third kappa shape index (κ3) is 6.06. The molecule has 0 spiro atoms. The summed E-state index contributed by atoms with van der Waals surface area (Å²) >= 11 is 0. The highest BCUT2D eigenvalue weighted by molar-refractivity contribution is 6.07. The largest absolute Gasteiger partial charge is 0.416 e. The summed E-state index contributed by atoms with van der Waals surface area (Å²) in [7, 11) is 0. The summed E-state index contributed by atoms with van der Waals surface area (Å²) in [6.45, 7) is 0.905. The molecule has 184 valence electrons. The molecular formula is C22H21F6N3O3. The lowest BCUT2D eigenvalue weighted by atomic mass is 9.91. The number of halogens is 6. The van der Waals surface area contributed by atoms with E-state index in [1.807, 2.05) is 0 Å². The van der Waals surface area contributed by atoms with Crippen molar-refractivity contribution in [2.45, 2.75) is 37.3 Å². The fourth-order valence-electron chi connectivity index (χ4n) is 3.54. The van der Waals surface area contributed by atoms with Gasteiger partial charge in [-0.25, -0.2) is 4.79 Å². The zero-order chi connectivity index (χ0) is 25.1. The monoisotopic (exact) mass is 489 g/mol. The van der Waals surface area contributed by atoms with E-state index in [0.717, 1.165) is 5.56 Å². The van der Waals surface area contributed by atoms with Gasteiger partial charge in [0, 0.05) is 13.0 Å². The van der Waals surface area contributed by atoms with Crippen molar-refractivity contribution < 1.29 is 40.7 Å². The molecule has 3 rings (SSSR count). The number of alkyl halides is 6. The number of carbonyl (C=O) groups is 2. The van der Waals surface area contributed by atoms with Gasteiger partial charge in [0.05, 0.1) is 24.0 Å². The van der Waals surface area contributed by atoms with E-state index in [2.05, 4.69) is 16.0 Å². The van der Waals surface area contributed by atoms with Crippen LogP contribution in [0.25, 0.3) is 0 Å². The molecule has 12 heteroatoms. The van der Waals surface area contributed by atoms with Crippen LogP contribution in [0.15, 0.2) is 48.5 Å². The van der Waals surface area contributed by atoms with Crippen molar-refractivity contribution in [3.63, 3.8) is 0 Å². The third-order valence-corrected chi connectivity index (χ3v) is 5.30. The molecule has 1 aliphatic heterocycles. The zero-order valence-corrected chi connectivity index (χ0v) is 17.8. The molecule has 34 heavy (non-hydrogen) atoms. The molecule has 3 N–H and O–H groups in total. The Hall–Kier alpha value is -3.12. The number of urea groups is 1. The maximum absolute atomic E-state index is 13.1. The van der Waals surface area contributed by atoms with Gasteiger partial charge >= 0.3 is 18.4 Å². The molecule has 0 aliphatic carbocycles. The smallest absolute Gasteiger partial charge is 0.359 e. The van der Waals surface area contributed by atoms with Gasteiger partial charge in [0.1, 0.15) is 5.54 Å².